The quantitative estimate of drug-likeness (QED) is 0.0434. The Kier molecular flexibility index (Phi) is 15.2. The highest BCUT2D eigenvalue weighted by atomic mass is 16.7. The summed E-state index contributed by atoms with van der Waals surface area (Å²) in [5.41, 5.74) is -1.19. The number of carbonyl (C=O) groups is 1. The molecular formula is C43H48O24. The molecule has 0 saturated carbocycles. The molecule has 3 fully saturated rings. The van der Waals surface area contributed by atoms with Gasteiger partial charge in [0.1, 0.15) is 95.4 Å². The monoisotopic (exact) mass is 948 g/mol. The van der Waals surface area contributed by atoms with Gasteiger partial charge in [0.15, 0.2) is 23.4 Å². The lowest BCUT2D eigenvalue weighted by atomic mass is 9.99. The summed E-state index contributed by atoms with van der Waals surface area (Å²) >= 11 is 0. The van der Waals surface area contributed by atoms with Gasteiger partial charge in [-0.1, -0.05) is 6.07 Å². The number of esters is 1. The van der Waals surface area contributed by atoms with Crippen molar-refractivity contribution in [3.63, 3.8) is 0 Å². The van der Waals surface area contributed by atoms with Crippen molar-refractivity contribution in [1.82, 2.24) is 0 Å². The number of benzene rings is 3. The van der Waals surface area contributed by atoms with E-state index in [1.54, 1.807) is 0 Å². The summed E-state index contributed by atoms with van der Waals surface area (Å²) in [4.78, 5) is 27.7. The third kappa shape index (κ3) is 10.1. The second-order valence-corrected chi connectivity index (χ2v) is 15.6. The number of carbonyl (C=O) groups excluding carboxylic acids is 1. The molecule has 15 atom stereocenters. The Morgan fingerprint density at radius 3 is 1.75 bits per heavy atom. The molecule has 0 radical (unpaired) electrons. The molecule has 4 aromatic rings. The molecule has 4 heterocycles. The summed E-state index contributed by atoms with van der Waals surface area (Å²) in [5.74, 6) is -3.64. The molecule has 24 nitrogen and oxygen atoms in total. The summed E-state index contributed by atoms with van der Waals surface area (Å²) in [6.07, 6.45) is -23.9. The molecule has 0 spiro atoms. The summed E-state index contributed by atoms with van der Waals surface area (Å²) in [6, 6.07) is 11.3. The van der Waals surface area contributed by atoms with Gasteiger partial charge in [0.05, 0.1) is 26.9 Å². The van der Waals surface area contributed by atoms with Crippen LogP contribution in [0.4, 0.5) is 0 Å². The summed E-state index contributed by atoms with van der Waals surface area (Å²) in [6.45, 7) is -2.42. The van der Waals surface area contributed by atoms with E-state index in [0.717, 1.165) is 18.2 Å². The number of phenolic OH excluding ortho intramolecular Hbond substituents is 2. The van der Waals surface area contributed by atoms with Crippen LogP contribution in [0.25, 0.3) is 28.4 Å². The fourth-order valence-corrected chi connectivity index (χ4v) is 7.43. The topological polar surface area (TPSA) is 384 Å². The van der Waals surface area contributed by atoms with Crippen LogP contribution < -0.4 is 24.4 Å². The zero-order valence-electron chi connectivity index (χ0n) is 34.9. The van der Waals surface area contributed by atoms with E-state index in [1.165, 1.54) is 55.7 Å². The number of phenols is 2. The van der Waals surface area contributed by atoms with Crippen LogP contribution >= 0.6 is 0 Å². The summed E-state index contributed by atoms with van der Waals surface area (Å²) in [7, 11) is 1.31. The van der Waals surface area contributed by atoms with Gasteiger partial charge in [-0.15, -0.1) is 0 Å². The van der Waals surface area contributed by atoms with E-state index < -0.39 is 152 Å². The number of rotatable bonds is 14. The molecule has 0 unspecified atom stereocenters. The highest BCUT2D eigenvalue weighted by Crippen LogP contribution is 2.39. The largest absolute Gasteiger partial charge is 0.507 e. The Labute approximate surface area is 377 Å². The maximum atomic E-state index is 14.5. The molecular weight excluding hydrogens is 900 g/mol. The first-order chi connectivity index (χ1) is 32.0. The van der Waals surface area contributed by atoms with E-state index in [1.807, 2.05) is 0 Å². The number of hydrogen-bond donors (Lipinski definition) is 13. The van der Waals surface area contributed by atoms with Crippen molar-refractivity contribution in [3.05, 3.63) is 76.5 Å². The lowest BCUT2D eigenvalue weighted by Crippen LogP contribution is -2.61. The third-order valence-corrected chi connectivity index (χ3v) is 11.2. The first kappa shape index (κ1) is 49.2. The Morgan fingerprint density at radius 2 is 1.18 bits per heavy atom. The molecule has 364 valence electrons. The number of aliphatic hydroxyl groups excluding tert-OH is 11. The number of methoxy groups -OCH3 is 1. The van der Waals surface area contributed by atoms with Gasteiger partial charge >= 0.3 is 5.97 Å². The molecule has 13 N–H and O–H groups in total. The van der Waals surface area contributed by atoms with E-state index in [2.05, 4.69) is 0 Å². The zero-order chi connectivity index (χ0) is 48.4. The third-order valence-electron chi connectivity index (χ3n) is 11.2. The van der Waals surface area contributed by atoms with E-state index in [4.69, 9.17) is 42.3 Å². The zero-order valence-corrected chi connectivity index (χ0v) is 34.9. The average molecular weight is 949 g/mol. The van der Waals surface area contributed by atoms with Gasteiger partial charge in [-0.05, 0) is 48.0 Å². The lowest BCUT2D eigenvalue weighted by molar-refractivity contribution is -0.281. The van der Waals surface area contributed by atoms with Gasteiger partial charge in [0, 0.05) is 23.8 Å². The van der Waals surface area contributed by atoms with E-state index in [-0.39, 0.29) is 28.6 Å². The molecule has 3 saturated heterocycles. The summed E-state index contributed by atoms with van der Waals surface area (Å²) in [5, 5.41) is 134. The van der Waals surface area contributed by atoms with Gasteiger partial charge in [0.25, 0.3) is 0 Å². The lowest BCUT2D eigenvalue weighted by Gasteiger charge is -2.41. The maximum Gasteiger partial charge on any atom is 0.331 e. The predicted molar refractivity (Wildman–Crippen MR) is 220 cm³/mol. The summed E-state index contributed by atoms with van der Waals surface area (Å²) < 4.78 is 50.6. The molecule has 24 heteroatoms. The number of fused-ring (bicyclic) bond motifs is 1. The molecule has 3 aromatic carbocycles. The van der Waals surface area contributed by atoms with Gasteiger partial charge in [-0.2, -0.15) is 0 Å². The van der Waals surface area contributed by atoms with Crippen LogP contribution in [0.5, 0.6) is 34.5 Å². The fourth-order valence-electron chi connectivity index (χ4n) is 7.43. The van der Waals surface area contributed by atoms with Crippen molar-refractivity contribution < 1.29 is 113 Å². The van der Waals surface area contributed by atoms with E-state index in [0.29, 0.717) is 5.56 Å². The van der Waals surface area contributed by atoms with Gasteiger partial charge in [-0.3, -0.25) is 4.79 Å². The highest BCUT2D eigenvalue weighted by Gasteiger charge is 2.49. The first-order valence-electron chi connectivity index (χ1n) is 20.4. The standard InChI is InChI=1S/C43H48O24/c1-59-22-10-16(2-8-20(22)47)3-9-27(49)66-40-35(56)31(52)26(15-46)65-43(40)67-39-32(53)28-21(48)11-19(61-42-37(58)34(55)30(51)25(14-45)64-42)12-23(28)62-38(39)17-4-6-18(7-5-17)60-41-36(57)33(54)29(50)24(13-44)63-41/h2-12,24-26,29-31,33-37,40-48,50-52,54-58H,13-15H2,1H3/t24-,25-,26-,29-,30-,31-,33+,34+,35+,36-,37-,40-,41-,42-,43+/m1/s1. The SMILES string of the molecule is COc1cc(C=CC(=O)O[C@H]2[C@H](Oc3c(-c4ccc(O[C@@H]5O[C@H](CO)[C@@H](O)[C@H](O)[C@H]5O)cc4)oc4cc(O[C@@H]5O[C@H](CO)[C@@H](O)[C@H](O)[C@H]5O)cc(O)c4c3=O)O[C@H](CO)[C@@H](O)[C@@H]2O)ccc1O. The number of aromatic hydroxyl groups is 2. The minimum absolute atomic E-state index is 0.00852. The second kappa shape index (κ2) is 20.7. The molecule has 3 aliphatic rings. The highest BCUT2D eigenvalue weighted by molar-refractivity contribution is 5.89. The van der Waals surface area contributed by atoms with Crippen molar-refractivity contribution in [2.75, 3.05) is 26.9 Å². The molecule has 0 aliphatic carbocycles. The molecule has 0 bridgehead atoms. The average Bonchev–Trinajstić information content (AvgIpc) is 3.32. The minimum Gasteiger partial charge on any atom is -0.507 e. The second-order valence-electron chi connectivity index (χ2n) is 15.6. The number of aliphatic hydroxyl groups is 11. The smallest absolute Gasteiger partial charge is 0.331 e. The van der Waals surface area contributed by atoms with Crippen LogP contribution in [0.2, 0.25) is 0 Å². The molecule has 67 heavy (non-hydrogen) atoms. The van der Waals surface area contributed by atoms with Crippen molar-refractivity contribution in [2.45, 2.75) is 92.1 Å². The van der Waals surface area contributed by atoms with Crippen LogP contribution in [0.15, 0.2) is 69.9 Å². The van der Waals surface area contributed by atoms with Gasteiger partial charge in [0.2, 0.25) is 30.0 Å². The van der Waals surface area contributed by atoms with Crippen molar-refractivity contribution >= 4 is 23.0 Å². The van der Waals surface area contributed by atoms with Crippen molar-refractivity contribution in [2.24, 2.45) is 0 Å². The predicted octanol–water partition coefficient (Wildman–Crippen LogP) is -3.32. The van der Waals surface area contributed by atoms with Crippen LogP contribution in [0, 0.1) is 0 Å². The molecule has 7 rings (SSSR count). The Balaban J connectivity index is 1.26. The van der Waals surface area contributed by atoms with Crippen molar-refractivity contribution in [3.8, 4) is 45.8 Å². The van der Waals surface area contributed by atoms with E-state index >= 15 is 0 Å². The van der Waals surface area contributed by atoms with Crippen LogP contribution in [0.1, 0.15) is 5.56 Å². The fraction of sp³-hybridized carbons (Fsp3) is 0.442. The Hall–Kier alpha value is -5.68. The van der Waals surface area contributed by atoms with Crippen molar-refractivity contribution in [1.29, 1.82) is 0 Å². The normalized spacial score (nSPS) is 32.2. The molecule has 1 aromatic heterocycles. The van der Waals surface area contributed by atoms with Crippen LogP contribution in [0.3, 0.4) is 0 Å². The molecule has 0 amide bonds. The first-order valence-corrected chi connectivity index (χ1v) is 20.4. The number of ether oxygens (including phenoxy) is 8. The Bertz CT molecular complexity index is 2440. The van der Waals surface area contributed by atoms with Gasteiger partial charge < -0.3 is 109 Å². The number of hydrogen-bond acceptors (Lipinski definition) is 24. The maximum absolute atomic E-state index is 14.5. The van der Waals surface area contributed by atoms with Crippen LogP contribution in [-0.2, 0) is 23.7 Å². The van der Waals surface area contributed by atoms with E-state index in [9.17, 15) is 76.0 Å². The van der Waals surface area contributed by atoms with Gasteiger partial charge in [-0.25, -0.2) is 4.79 Å². The Morgan fingerprint density at radius 1 is 0.627 bits per heavy atom. The minimum atomic E-state index is -2.02. The van der Waals surface area contributed by atoms with Crippen LogP contribution in [-0.4, -0.2) is 191 Å². The molecule has 3 aliphatic heterocycles.